The van der Waals surface area contributed by atoms with Crippen LogP contribution in [0.2, 0.25) is 15.1 Å². The zero-order chi connectivity index (χ0) is 22.2. The Balaban J connectivity index is 2.27. The van der Waals surface area contributed by atoms with Crippen LogP contribution >= 0.6 is 34.8 Å². The average molecular weight is 473 g/mol. The van der Waals surface area contributed by atoms with E-state index in [-0.39, 0.29) is 55.5 Å². The summed E-state index contributed by atoms with van der Waals surface area (Å²) in [5, 5.41) is 2.84. The van der Waals surface area contributed by atoms with E-state index in [1.165, 1.54) is 19.3 Å². The van der Waals surface area contributed by atoms with Crippen molar-refractivity contribution >= 4 is 51.6 Å². The Bertz CT molecular complexity index is 1190. The predicted octanol–water partition coefficient (Wildman–Crippen LogP) is 4.55. The highest BCUT2D eigenvalue weighted by molar-refractivity contribution is 6.38. The van der Waals surface area contributed by atoms with Gasteiger partial charge in [0, 0.05) is 18.8 Å². The second kappa shape index (κ2) is 8.79. The predicted molar refractivity (Wildman–Crippen MR) is 116 cm³/mol. The SMILES string of the molecule is CNC(=O)C(C)COc1ncc(Cl)c2c1c(=O)cc(C)n2-c1c(Cl)cc(F)cc1Cl. The summed E-state index contributed by atoms with van der Waals surface area (Å²) in [6, 6.07) is 3.58. The number of fused-ring (bicyclic) bond motifs is 1. The molecular formula is C20H17Cl3FN3O3. The molecule has 2 heterocycles. The zero-order valence-electron chi connectivity index (χ0n) is 16.2. The molecule has 1 amide bonds. The van der Waals surface area contributed by atoms with Gasteiger partial charge in [-0.2, -0.15) is 0 Å². The summed E-state index contributed by atoms with van der Waals surface area (Å²) in [6.07, 6.45) is 1.32. The van der Waals surface area contributed by atoms with E-state index in [9.17, 15) is 14.0 Å². The number of ether oxygens (including phenoxy) is 1. The number of amides is 1. The Labute approximate surface area is 186 Å². The van der Waals surface area contributed by atoms with Gasteiger partial charge < -0.3 is 14.6 Å². The van der Waals surface area contributed by atoms with Crippen LogP contribution in [0.25, 0.3) is 16.6 Å². The third-order valence-corrected chi connectivity index (χ3v) is 5.36. The number of halogens is 4. The number of benzene rings is 1. The first-order valence-electron chi connectivity index (χ1n) is 8.85. The Morgan fingerprint density at radius 3 is 2.47 bits per heavy atom. The summed E-state index contributed by atoms with van der Waals surface area (Å²) >= 11 is 18.9. The highest BCUT2D eigenvalue weighted by atomic mass is 35.5. The third-order valence-electron chi connectivity index (χ3n) is 4.50. The van der Waals surface area contributed by atoms with Gasteiger partial charge in [-0.25, -0.2) is 9.37 Å². The fraction of sp³-hybridized carbons (Fsp3) is 0.250. The monoisotopic (exact) mass is 471 g/mol. The highest BCUT2D eigenvalue weighted by Crippen LogP contribution is 2.36. The van der Waals surface area contributed by atoms with E-state index in [1.54, 1.807) is 18.4 Å². The van der Waals surface area contributed by atoms with Crippen LogP contribution in [0.1, 0.15) is 12.6 Å². The van der Waals surface area contributed by atoms with Crippen molar-refractivity contribution < 1.29 is 13.9 Å². The number of nitrogens with one attached hydrogen (secondary N) is 1. The Morgan fingerprint density at radius 1 is 1.23 bits per heavy atom. The number of aromatic nitrogens is 2. The van der Waals surface area contributed by atoms with Crippen LogP contribution in [-0.4, -0.2) is 29.1 Å². The standard InChI is InChI=1S/C20H17Cl3FN3O3/c1-9(19(29)25-3)8-30-20-16-15(28)4-10(2)27(18(16)14(23)7-26-20)17-12(21)5-11(24)6-13(17)22/h4-7,9H,8H2,1-3H3,(H,25,29). The van der Waals surface area contributed by atoms with E-state index < -0.39 is 11.7 Å². The van der Waals surface area contributed by atoms with Crippen molar-refractivity contribution in [3.8, 4) is 11.6 Å². The molecule has 1 aromatic carbocycles. The summed E-state index contributed by atoms with van der Waals surface area (Å²) < 4.78 is 20.9. The molecule has 1 atom stereocenters. The first-order valence-corrected chi connectivity index (χ1v) is 9.99. The molecule has 3 rings (SSSR count). The number of carbonyl (C=O) groups is 1. The summed E-state index contributed by atoms with van der Waals surface area (Å²) in [5.74, 6) is -1.28. The van der Waals surface area contributed by atoms with E-state index in [0.717, 1.165) is 12.1 Å². The van der Waals surface area contributed by atoms with Crippen LogP contribution in [0.15, 0.2) is 29.2 Å². The van der Waals surface area contributed by atoms with Gasteiger partial charge in [-0.3, -0.25) is 9.59 Å². The van der Waals surface area contributed by atoms with E-state index in [2.05, 4.69) is 10.3 Å². The molecule has 0 aliphatic carbocycles. The smallest absolute Gasteiger partial charge is 0.227 e. The molecule has 0 radical (unpaired) electrons. The maximum Gasteiger partial charge on any atom is 0.227 e. The van der Waals surface area contributed by atoms with Gasteiger partial charge in [0.1, 0.15) is 17.8 Å². The third kappa shape index (κ3) is 4.10. The van der Waals surface area contributed by atoms with Crippen molar-refractivity contribution in [1.82, 2.24) is 14.9 Å². The largest absolute Gasteiger partial charge is 0.476 e. The molecule has 0 spiro atoms. The van der Waals surface area contributed by atoms with Crippen molar-refractivity contribution in [3.05, 3.63) is 61.2 Å². The maximum absolute atomic E-state index is 13.7. The number of nitrogens with zero attached hydrogens (tertiary/aromatic N) is 2. The number of pyridine rings is 2. The van der Waals surface area contributed by atoms with E-state index in [1.807, 2.05) is 0 Å². The van der Waals surface area contributed by atoms with E-state index in [4.69, 9.17) is 39.5 Å². The van der Waals surface area contributed by atoms with E-state index in [0.29, 0.717) is 5.69 Å². The topological polar surface area (TPSA) is 73.2 Å². The minimum atomic E-state index is -0.600. The number of hydrogen-bond donors (Lipinski definition) is 1. The van der Waals surface area contributed by atoms with Crippen LogP contribution in [-0.2, 0) is 4.79 Å². The quantitative estimate of drug-likeness (QED) is 0.591. The van der Waals surface area contributed by atoms with Crippen molar-refractivity contribution in [3.63, 3.8) is 0 Å². The second-order valence-electron chi connectivity index (χ2n) is 6.66. The molecule has 0 aliphatic rings. The molecule has 10 heteroatoms. The van der Waals surface area contributed by atoms with Crippen molar-refractivity contribution in [1.29, 1.82) is 0 Å². The number of aryl methyl sites for hydroxylation is 1. The summed E-state index contributed by atoms with van der Waals surface area (Å²) in [6.45, 7) is 3.34. The van der Waals surface area contributed by atoms with Gasteiger partial charge in [-0.05, 0) is 19.1 Å². The number of rotatable bonds is 5. The van der Waals surface area contributed by atoms with Gasteiger partial charge in [-0.1, -0.05) is 41.7 Å². The number of carbonyl (C=O) groups excluding carboxylic acids is 1. The average Bonchev–Trinajstić information content (AvgIpc) is 2.67. The summed E-state index contributed by atoms with van der Waals surface area (Å²) in [7, 11) is 1.52. The van der Waals surface area contributed by atoms with Gasteiger partial charge in [0.25, 0.3) is 0 Å². The van der Waals surface area contributed by atoms with Crippen LogP contribution in [0.3, 0.4) is 0 Å². The molecule has 1 N–H and O–H groups in total. The molecule has 1 unspecified atom stereocenters. The van der Waals surface area contributed by atoms with Crippen LogP contribution in [0.4, 0.5) is 4.39 Å². The lowest BCUT2D eigenvalue weighted by Crippen LogP contribution is -2.29. The molecule has 0 saturated carbocycles. The van der Waals surface area contributed by atoms with Crippen LogP contribution < -0.4 is 15.5 Å². The first kappa shape index (κ1) is 22.3. The first-order chi connectivity index (χ1) is 14.1. The lowest BCUT2D eigenvalue weighted by molar-refractivity contribution is -0.124. The normalized spacial score (nSPS) is 12.1. The van der Waals surface area contributed by atoms with Gasteiger partial charge in [0.15, 0.2) is 5.43 Å². The summed E-state index contributed by atoms with van der Waals surface area (Å²) in [5.41, 5.74) is 0.612. The van der Waals surface area contributed by atoms with Crippen LogP contribution in [0, 0.1) is 18.7 Å². The Hall–Kier alpha value is -2.35. The molecule has 30 heavy (non-hydrogen) atoms. The van der Waals surface area contributed by atoms with Gasteiger partial charge >= 0.3 is 0 Å². The van der Waals surface area contributed by atoms with Crippen molar-refractivity contribution in [2.45, 2.75) is 13.8 Å². The van der Waals surface area contributed by atoms with Gasteiger partial charge in [-0.15, -0.1) is 0 Å². The zero-order valence-corrected chi connectivity index (χ0v) is 18.5. The van der Waals surface area contributed by atoms with E-state index >= 15 is 0 Å². The number of hydrogen-bond acceptors (Lipinski definition) is 4. The lowest BCUT2D eigenvalue weighted by Gasteiger charge is -2.20. The van der Waals surface area contributed by atoms with Gasteiger partial charge in [0.05, 0.1) is 38.4 Å². The molecule has 0 saturated heterocycles. The van der Waals surface area contributed by atoms with Crippen LogP contribution in [0.5, 0.6) is 5.88 Å². The minimum Gasteiger partial charge on any atom is -0.476 e. The fourth-order valence-electron chi connectivity index (χ4n) is 3.08. The molecule has 6 nitrogen and oxygen atoms in total. The fourth-order valence-corrected chi connectivity index (χ4v) is 3.93. The minimum absolute atomic E-state index is 0.00518. The second-order valence-corrected chi connectivity index (χ2v) is 7.89. The maximum atomic E-state index is 13.7. The molecule has 2 aromatic heterocycles. The molecule has 158 valence electrons. The molecule has 3 aromatic rings. The summed E-state index contributed by atoms with van der Waals surface area (Å²) in [4.78, 5) is 28.7. The van der Waals surface area contributed by atoms with Gasteiger partial charge in [0.2, 0.25) is 11.8 Å². The van der Waals surface area contributed by atoms with Crippen molar-refractivity contribution in [2.24, 2.45) is 5.92 Å². The van der Waals surface area contributed by atoms with Crippen molar-refractivity contribution in [2.75, 3.05) is 13.7 Å². The Kier molecular flexibility index (Phi) is 6.55. The highest BCUT2D eigenvalue weighted by Gasteiger charge is 2.22. The molecule has 0 aliphatic heterocycles. The molecular weight excluding hydrogens is 456 g/mol. The molecule has 0 bridgehead atoms. The molecule has 0 fully saturated rings. The lowest BCUT2D eigenvalue weighted by atomic mass is 10.1. The Morgan fingerprint density at radius 2 is 1.87 bits per heavy atom.